The van der Waals surface area contributed by atoms with Gasteiger partial charge in [0.25, 0.3) is 5.91 Å². The maximum absolute atomic E-state index is 12.8. The summed E-state index contributed by atoms with van der Waals surface area (Å²) in [5, 5.41) is 4.75. The summed E-state index contributed by atoms with van der Waals surface area (Å²) >= 11 is 6.24. The number of rotatable bonds is 6. The Hall–Kier alpha value is -2.28. The van der Waals surface area contributed by atoms with Crippen molar-refractivity contribution < 1.29 is 19.0 Å². The smallest absolute Gasteiger partial charge is 0.295 e. The van der Waals surface area contributed by atoms with Gasteiger partial charge in [-0.3, -0.25) is 4.79 Å². The minimum atomic E-state index is -0.296. The van der Waals surface area contributed by atoms with Crippen molar-refractivity contribution in [1.29, 1.82) is 0 Å². The van der Waals surface area contributed by atoms with Crippen molar-refractivity contribution in [2.45, 2.75) is 6.54 Å². The highest BCUT2D eigenvalue weighted by Gasteiger charge is 2.25. The fraction of sp³-hybridized carbons (Fsp3) is 0.300. The van der Waals surface area contributed by atoms with Crippen LogP contribution in [0.1, 0.15) is 11.1 Å². The highest BCUT2D eigenvalue weighted by atomic mass is 35.5. The summed E-state index contributed by atoms with van der Waals surface area (Å²) < 4.78 is 12.8. The van der Waals surface area contributed by atoms with Crippen LogP contribution in [0.25, 0.3) is 0 Å². The fourth-order valence-electron chi connectivity index (χ4n) is 3.22. The van der Waals surface area contributed by atoms with Gasteiger partial charge >= 0.3 is 0 Å². The third-order valence-electron chi connectivity index (χ3n) is 4.75. The number of amides is 1. The van der Waals surface area contributed by atoms with Crippen LogP contribution in [-0.2, 0) is 11.3 Å². The van der Waals surface area contributed by atoms with Crippen molar-refractivity contribution in [3.05, 3.63) is 70.5 Å². The SMILES string of the molecule is O=C(C[NH+]1CC[NH+](Cc2ccccc2Cl)CC1)NN=Cc1ccc(F)cc1. The van der Waals surface area contributed by atoms with Crippen molar-refractivity contribution in [2.24, 2.45) is 5.10 Å². The van der Waals surface area contributed by atoms with Crippen LogP contribution in [0.4, 0.5) is 4.39 Å². The molecule has 0 aliphatic carbocycles. The summed E-state index contributed by atoms with van der Waals surface area (Å²) in [4.78, 5) is 14.8. The maximum atomic E-state index is 12.8. The topological polar surface area (TPSA) is 50.3 Å². The number of quaternary nitrogens is 2. The van der Waals surface area contributed by atoms with Crippen LogP contribution in [0.2, 0.25) is 5.02 Å². The van der Waals surface area contributed by atoms with Crippen LogP contribution in [0.15, 0.2) is 53.6 Å². The van der Waals surface area contributed by atoms with E-state index in [9.17, 15) is 9.18 Å². The van der Waals surface area contributed by atoms with E-state index in [0.29, 0.717) is 6.54 Å². The van der Waals surface area contributed by atoms with E-state index >= 15 is 0 Å². The molecule has 3 N–H and O–H groups in total. The molecule has 0 bridgehead atoms. The number of hydrogen-bond donors (Lipinski definition) is 3. The lowest BCUT2D eigenvalue weighted by Crippen LogP contribution is -3.28. The minimum absolute atomic E-state index is 0.113. The monoisotopic (exact) mass is 390 g/mol. The Morgan fingerprint density at radius 3 is 2.44 bits per heavy atom. The number of carbonyl (C=O) groups is 1. The Morgan fingerprint density at radius 2 is 1.74 bits per heavy atom. The predicted octanol–water partition coefficient (Wildman–Crippen LogP) is -0.0872. The molecule has 0 saturated carbocycles. The Labute approximate surface area is 163 Å². The lowest BCUT2D eigenvalue weighted by molar-refractivity contribution is -1.02. The van der Waals surface area contributed by atoms with Crippen LogP contribution in [0.5, 0.6) is 0 Å². The zero-order valence-corrected chi connectivity index (χ0v) is 15.8. The predicted molar refractivity (Wildman–Crippen MR) is 104 cm³/mol. The molecule has 27 heavy (non-hydrogen) atoms. The summed E-state index contributed by atoms with van der Waals surface area (Å²) in [6, 6.07) is 13.9. The van der Waals surface area contributed by atoms with Gasteiger partial charge in [-0.2, -0.15) is 5.10 Å². The summed E-state index contributed by atoms with van der Waals surface area (Å²) in [5.41, 5.74) is 4.45. The number of nitrogens with zero attached hydrogens (tertiary/aromatic N) is 1. The fourth-order valence-corrected chi connectivity index (χ4v) is 3.42. The van der Waals surface area contributed by atoms with E-state index in [4.69, 9.17) is 11.6 Å². The Bertz CT molecular complexity index is 789. The van der Waals surface area contributed by atoms with E-state index in [-0.39, 0.29) is 11.7 Å². The van der Waals surface area contributed by atoms with Gasteiger partial charge < -0.3 is 9.80 Å². The molecule has 1 aliphatic heterocycles. The van der Waals surface area contributed by atoms with Gasteiger partial charge in [0.05, 0.1) is 6.21 Å². The zero-order chi connectivity index (χ0) is 19.1. The van der Waals surface area contributed by atoms with Crippen molar-refractivity contribution >= 4 is 23.7 Å². The molecule has 7 heteroatoms. The summed E-state index contributed by atoms with van der Waals surface area (Å²) in [6.45, 7) is 5.21. The molecule has 0 aromatic heterocycles. The molecule has 142 valence electrons. The van der Waals surface area contributed by atoms with E-state index in [2.05, 4.69) is 16.6 Å². The van der Waals surface area contributed by atoms with Crippen molar-refractivity contribution in [1.82, 2.24) is 5.43 Å². The minimum Gasteiger partial charge on any atom is -0.322 e. The van der Waals surface area contributed by atoms with Crippen LogP contribution in [0, 0.1) is 5.82 Å². The Morgan fingerprint density at radius 1 is 1.07 bits per heavy atom. The van der Waals surface area contributed by atoms with Gasteiger partial charge in [-0.05, 0) is 23.8 Å². The summed E-state index contributed by atoms with van der Waals surface area (Å²) in [7, 11) is 0. The van der Waals surface area contributed by atoms with E-state index in [1.807, 2.05) is 18.2 Å². The third kappa shape index (κ3) is 6.13. The van der Waals surface area contributed by atoms with E-state index in [1.165, 1.54) is 33.7 Å². The molecule has 0 spiro atoms. The number of piperazine rings is 1. The van der Waals surface area contributed by atoms with Gasteiger partial charge in [-0.25, -0.2) is 9.82 Å². The molecule has 0 unspecified atom stereocenters. The van der Waals surface area contributed by atoms with Crippen molar-refractivity contribution in [2.75, 3.05) is 32.7 Å². The van der Waals surface area contributed by atoms with Gasteiger partial charge in [0, 0.05) is 10.6 Å². The number of nitrogens with one attached hydrogen (secondary N) is 3. The average Bonchev–Trinajstić information content (AvgIpc) is 2.67. The molecule has 2 aromatic rings. The molecule has 1 saturated heterocycles. The lowest BCUT2D eigenvalue weighted by atomic mass is 10.2. The molecule has 0 atom stereocenters. The van der Waals surface area contributed by atoms with Crippen molar-refractivity contribution in [3.63, 3.8) is 0 Å². The van der Waals surface area contributed by atoms with Gasteiger partial charge in [0.1, 0.15) is 38.5 Å². The van der Waals surface area contributed by atoms with Gasteiger partial charge in [-0.15, -0.1) is 0 Å². The first-order valence-electron chi connectivity index (χ1n) is 9.08. The quantitative estimate of drug-likeness (QED) is 0.469. The third-order valence-corrected chi connectivity index (χ3v) is 5.11. The van der Waals surface area contributed by atoms with E-state index in [0.717, 1.165) is 43.3 Å². The molecule has 1 fully saturated rings. The number of hydrazone groups is 1. The Balaban J connectivity index is 1.39. The normalized spacial score (nSPS) is 19.9. The highest BCUT2D eigenvalue weighted by molar-refractivity contribution is 6.31. The number of halogens is 2. The van der Waals surface area contributed by atoms with Crippen LogP contribution >= 0.6 is 11.6 Å². The number of carbonyl (C=O) groups excluding carboxylic acids is 1. The summed E-state index contributed by atoms with van der Waals surface area (Å²) in [5.74, 6) is -0.409. The van der Waals surface area contributed by atoms with Crippen LogP contribution in [0.3, 0.4) is 0 Å². The van der Waals surface area contributed by atoms with E-state index < -0.39 is 0 Å². The molecule has 1 heterocycles. The molecule has 1 aliphatic rings. The van der Waals surface area contributed by atoms with Crippen LogP contribution < -0.4 is 15.2 Å². The maximum Gasteiger partial charge on any atom is 0.295 e. The van der Waals surface area contributed by atoms with Gasteiger partial charge in [-0.1, -0.05) is 41.9 Å². The lowest BCUT2D eigenvalue weighted by Gasteiger charge is -2.29. The van der Waals surface area contributed by atoms with Crippen molar-refractivity contribution in [3.8, 4) is 0 Å². The molecule has 0 radical (unpaired) electrons. The second-order valence-corrected chi connectivity index (χ2v) is 7.20. The molecule has 3 rings (SSSR count). The first kappa shape index (κ1) is 19.5. The molecule has 2 aromatic carbocycles. The second-order valence-electron chi connectivity index (χ2n) is 6.79. The van der Waals surface area contributed by atoms with Gasteiger partial charge in [0.2, 0.25) is 0 Å². The first-order valence-corrected chi connectivity index (χ1v) is 9.46. The van der Waals surface area contributed by atoms with E-state index in [1.54, 1.807) is 12.1 Å². The average molecular weight is 391 g/mol. The largest absolute Gasteiger partial charge is 0.322 e. The van der Waals surface area contributed by atoms with Gasteiger partial charge in [0.15, 0.2) is 6.54 Å². The Kier molecular flexibility index (Phi) is 6.92. The molecular formula is C20H24ClFN4O+2. The molecule has 5 nitrogen and oxygen atoms in total. The van der Waals surface area contributed by atoms with Crippen LogP contribution in [-0.4, -0.2) is 44.8 Å². The summed E-state index contributed by atoms with van der Waals surface area (Å²) in [6.07, 6.45) is 1.51. The second kappa shape index (κ2) is 9.60. The molecular weight excluding hydrogens is 367 g/mol. The molecule has 1 amide bonds. The number of hydrogen-bond acceptors (Lipinski definition) is 2. The first-order chi connectivity index (χ1) is 13.1. The standard InChI is InChI=1S/C20H22ClFN4O/c21-19-4-2-1-3-17(19)14-25-9-11-26(12-10-25)15-20(27)24-23-13-16-5-7-18(22)8-6-16/h1-8,13H,9-12,14-15H2,(H,24,27)/p+2. The number of benzene rings is 2. The highest BCUT2D eigenvalue weighted by Crippen LogP contribution is 2.13. The zero-order valence-electron chi connectivity index (χ0n) is 15.1.